The summed E-state index contributed by atoms with van der Waals surface area (Å²) in [5.74, 6) is 0.286. The smallest absolute Gasteiger partial charge is 0.164 e. The minimum Gasteiger partial charge on any atom is -0.512 e. The van der Waals surface area contributed by atoms with Crippen LogP contribution in [0.25, 0.3) is 43.9 Å². The second-order valence-electron chi connectivity index (χ2n) is 14.2. The van der Waals surface area contributed by atoms with Gasteiger partial charge in [0.1, 0.15) is 12.1 Å². The number of nitrogens with zero attached hydrogens (tertiary/aromatic N) is 2. The molecule has 0 aliphatic heterocycles. The van der Waals surface area contributed by atoms with Crippen LogP contribution in [-0.4, -0.2) is 20.9 Å². The summed E-state index contributed by atoms with van der Waals surface area (Å²) in [6.45, 7) is 18.8. The van der Waals surface area contributed by atoms with E-state index in [9.17, 15) is 9.90 Å². The topological polar surface area (TPSA) is 63.1 Å². The van der Waals surface area contributed by atoms with Crippen molar-refractivity contribution >= 4 is 27.3 Å². The number of hydrogen-bond acceptors (Lipinski definition) is 4. The van der Waals surface area contributed by atoms with E-state index in [1.807, 2.05) is 41.5 Å². The first-order valence-corrected chi connectivity index (χ1v) is 17.1. The Bertz CT molecular complexity index is 1980. The molecule has 6 rings (SSSR count). The van der Waals surface area contributed by atoms with E-state index in [1.54, 1.807) is 6.33 Å². The zero-order chi connectivity index (χ0) is 34.1. The quantitative estimate of drug-likeness (QED) is 0.0962. The number of rotatable bonds is 8. The fourth-order valence-electron chi connectivity index (χ4n) is 6.53. The van der Waals surface area contributed by atoms with Crippen molar-refractivity contribution in [2.45, 2.75) is 93.4 Å². The Hall–Kier alpha value is -3.66. The maximum atomic E-state index is 12.2. The molecule has 0 fully saturated rings. The van der Waals surface area contributed by atoms with Gasteiger partial charge >= 0.3 is 0 Å². The maximum Gasteiger partial charge on any atom is 0.164 e. The van der Waals surface area contributed by atoms with Crippen molar-refractivity contribution in [2.24, 2.45) is 10.8 Å². The van der Waals surface area contributed by atoms with Crippen molar-refractivity contribution in [2.75, 3.05) is 0 Å². The Labute approximate surface area is 300 Å². The van der Waals surface area contributed by atoms with Crippen molar-refractivity contribution in [3.8, 4) is 22.4 Å². The van der Waals surface area contributed by atoms with Gasteiger partial charge in [0.15, 0.2) is 5.78 Å². The van der Waals surface area contributed by atoms with E-state index in [4.69, 9.17) is 9.97 Å². The minimum absolute atomic E-state index is 0. The second-order valence-corrected chi connectivity index (χ2v) is 14.2. The normalized spacial score (nSPS) is 13.7. The van der Waals surface area contributed by atoms with Gasteiger partial charge in [0.25, 0.3) is 0 Å². The molecule has 48 heavy (non-hydrogen) atoms. The van der Waals surface area contributed by atoms with Gasteiger partial charge in [-0.1, -0.05) is 109 Å². The molecule has 0 unspecified atom stereocenters. The zero-order valence-corrected chi connectivity index (χ0v) is 32.3. The number of allylic oxidation sites excluding steroid dienone is 2. The molecular weight excluding hydrogens is 769 g/mol. The number of aromatic nitrogens is 2. The number of benzene rings is 4. The molecule has 1 aliphatic carbocycles. The van der Waals surface area contributed by atoms with Crippen LogP contribution in [0, 0.1) is 23.8 Å². The number of aliphatic hydroxyl groups excluding tert-OH is 1. The fraction of sp³-hybridized carbons (Fsp3) is 0.372. The van der Waals surface area contributed by atoms with Crippen LogP contribution >= 0.6 is 0 Å². The van der Waals surface area contributed by atoms with E-state index < -0.39 is 0 Å². The number of carbonyl (C=O) groups is 1. The van der Waals surface area contributed by atoms with Crippen LogP contribution in [-0.2, 0) is 30.3 Å². The van der Waals surface area contributed by atoms with Gasteiger partial charge in [0.2, 0.25) is 0 Å². The van der Waals surface area contributed by atoms with Gasteiger partial charge in [-0.25, -0.2) is 4.98 Å². The Kier molecular flexibility index (Phi) is 11.2. The molecular formula is C43H49IrN2O2-. The third-order valence-electron chi connectivity index (χ3n) is 11.1. The largest absolute Gasteiger partial charge is 0.512 e. The molecule has 0 atom stereocenters. The molecule has 1 aliphatic rings. The number of hydrogen-bond donors (Lipinski definition) is 1. The third kappa shape index (κ3) is 6.78. The average molecular weight is 818 g/mol. The molecule has 4 nitrogen and oxygen atoms in total. The van der Waals surface area contributed by atoms with E-state index >= 15 is 0 Å². The SMILES string of the molecule is CCC(C)(CC)C(=O)/C=C(\O)C(C)(CC)CC.Cc1ccc2cc3c(cc2c1)C(C)(C)c1ncnc(-c2[c-]cc4ccccc4c2)c1-3.[Ir]. The predicted molar refractivity (Wildman–Crippen MR) is 197 cm³/mol. The molecule has 0 amide bonds. The molecule has 1 radical (unpaired) electrons. The van der Waals surface area contributed by atoms with Crippen LogP contribution in [0.15, 0.2) is 84.9 Å². The van der Waals surface area contributed by atoms with Crippen molar-refractivity contribution in [1.29, 1.82) is 0 Å². The van der Waals surface area contributed by atoms with Gasteiger partial charge < -0.3 is 5.11 Å². The van der Waals surface area contributed by atoms with E-state index in [0.29, 0.717) is 0 Å². The van der Waals surface area contributed by atoms with Crippen molar-refractivity contribution in [3.05, 3.63) is 108 Å². The van der Waals surface area contributed by atoms with Crippen LogP contribution in [0.4, 0.5) is 0 Å². The van der Waals surface area contributed by atoms with Crippen LogP contribution in [0.3, 0.4) is 0 Å². The van der Waals surface area contributed by atoms with Gasteiger partial charge in [-0.2, -0.15) is 0 Å². The van der Waals surface area contributed by atoms with Gasteiger partial charge in [0.05, 0.1) is 5.69 Å². The predicted octanol–water partition coefficient (Wildman–Crippen LogP) is 11.5. The Balaban J connectivity index is 0.000000251. The third-order valence-corrected chi connectivity index (χ3v) is 11.1. The molecule has 1 aromatic heterocycles. The molecule has 253 valence electrons. The van der Waals surface area contributed by atoms with E-state index in [-0.39, 0.29) is 47.9 Å². The van der Waals surface area contributed by atoms with Gasteiger partial charge in [0, 0.05) is 42.4 Å². The second kappa shape index (κ2) is 14.4. The number of carbonyl (C=O) groups excluding carboxylic acids is 1. The molecule has 0 saturated heterocycles. The molecule has 0 saturated carbocycles. The molecule has 5 aromatic rings. The first kappa shape index (κ1) is 37.2. The number of fused-ring (bicyclic) bond motifs is 5. The van der Waals surface area contributed by atoms with Crippen molar-refractivity contribution < 1.29 is 30.0 Å². The van der Waals surface area contributed by atoms with Crippen LogP contribution in [0.1, 0.15) is 97.9 Å². The minimum atomic E-state index is -0.337. The first-order chi connectivity index (χ1) is 22.3. The van der Waals surface area contributed by atoms with Gasteiger partial charge in [-0.15, -0.1) is 29.1 Å². The average Bonchev–Trinajstić information content (AvgIpc) is 3.31. The van der Waals surface area contributed by atoms with Crippen LogP contribution in [0.2, 0.25) is 0 Å². The summed E-state index contributed by atoms with van der Waals surface area (Å²) in [5, 5.41) is 15.1. The fourth-order valence-corrected chi connectivity index (χ4v) is 6.53. The number of aryl methyl sites for hydroxylation is 1. The molecule has 0 spiro atoms. The van der Waals surface area contributed by atoms with E-state index in [2.05, 4.69) is 93.6 Å². The summed E-state index contributed by atoms with van der Waals surface area (Å²) in [6.07, 6.45) is 6.46. The molecule has 5 heteroatoms. The van der Waals surface area contributed by atoms with E-state index in [0.717, 1.165) is 48.2 Å². The molecule has 1 N–H and O–H groups in total. The van der Waals surface area contributed by atoms with Gasteiger partial charge in [-0.05, 0) is 77.9 Å². The Morgan fingerprint density at radius 3 is 2.10 bits per heavy atom. The summed E-state index contributed by atoms with van der Waals surface area (Å²) in [5.41, 5.74) is 7.28. The Morgan fingerprint density at radius 2 is 1.46 bits per heavy atom. The monoisotopic (exact) mass is 818 g/mol. The summed E-state index contributed by atoms with van der Waals surface area (Å²) in [7, 11) is 0. The van der Waals surface area contributed by atoms with Crippen molar-refractivity contribution in [1.82, 2.24) is 9.97 Å². The molecule has 0 bridgehead atoms. The number of ketones is 1. The first-order valence-electron chi connectivity index (χ1n) is 17.1. The molecule has 1 heterocycles. The number of aliphatic hydroxyl groups is 1. The molecule has 4 aromatic carbocycles. The summed E-state index contributed by atoms with van der Waals surface area (Å²) < 4.78 is 0. The van der Waals surface area contributed by atoms with Crippen LogP contribution in [0.5, 0.6) is 0 Å². The Morgan fingerprint density at radius 1 is 0.833 bits per heavy atom. The maximum absolute atomic E-state index is 12.2. The van der Waals surface area contributed by atoms with Crippen molar-refractivity contribution in [3.63, 3.8) is 0 Å². The summed E-state index contributed by atoms with van der Waals surface area (Å²) >= 11 is 0. The van der Waals surface area contributed by atoms with Crippen LogP contribution < -0.4 is 0 Å². The summed E-state index contributed by atoms with van der Waals surface area (Å²) in [4.78, 5) is 21.7. The van der Waals surface area contributed by atoms with Gasteiger partial charge in [-0.3, -0.25) is 9.78 Å². The summed E-state index contributed by atoms with van der Waals surface area (Å²) in [6, 6.07) is 27.4. The standard InChI is InChI=1S/C28H21N2.C15H28O2.Ir/c1-17-8-9-20-14-23-24(15-22(20)12-17)28(2,3)27-25(23)26(29-16-30-27)21-11-10-18-6-4-5-7-19(18)13-21;1-7-14(5,8-2)12(16)11-13(17)15(6,9-3)10-4;/h4-10,12-16H,1-3H3;11,16H,7-10H2,1-6H3;/q-1;;/b;12-11-;. The zero-order valence-electron chi connectivity index (χ0n) is 29.9. The van der Waals surface area contributed by atoms with E-state index in [1.165, 1.54) is 44.3 Å².